The van der Waals surface area contributed by atoms with Gasteiger partial charge in [0.15, 0.2) is 0 Å². The molecule has 0 radical (unpaired) electrons. The van der Waals surface area contributed by atoms with E-state index in [1.54, 1.807) is 6.20 Å². The van der Waals surface area contributed by atoms with Gasteiger partial charge < -0.3 is 10.7 Å². The van der Waals surface area contributed by atoms with Crippen LogP contribution in [0.4, 0.5) is 0 Å². The zero-order chi connectivity index (χ0) is 13.8. The van der Waals surface area contributed by atoms with E-state index in [0.29, 0.717) is 19.0 Å². The van der Waals surface area contributed by atoms with Gasteiger partial charge in [0, 0.05) is 36.9 Å². The van der Waals surface area contributed by atoms with Crippen LogP contribution in [0.5, 0.6) is 0 Å². The molecule has 3 N–H and O–H groups in total. The van der Waals surface area contributed by atoms with E-state index >= 15 is 0 Å². The highest BCUT2D eigenvalue weighted by Gasteiger charge is 2.22. The molecular formula is C15H19N5. The van der Waals surface area contributed by atoms with E-state index in [4.69, 9.17) is 5.73 Å². The van der Waals surface area contributed by atoms with Gasteiger partial charge in [0.1, 0.15) is 0 Å². The molecule has 104 valence electrons. The average Bonchev–Trinajstić information content (AvgIpc) is 3.18. The molecular weight excluding hydrogens is 250 g/mol. The fourth-order valence-corrected chi connectivity index (χ4v) is 2.13. The summed E-state index contributed by atoms with van der Waals surface area (Å²) >= 11 is 0. The first kappa shape index (κ1) is 12.9. The lowest BCUT2D eigenvalue weighted by molar-refractivity contribution is 0.671. The van der Waals surface area contributed by atoms with E-state index in [9.17, 15) is 0 Å². The Morgan fingerprint density at radius 3 is 2.95 bits per heavy atom. The minimum absolute atomic E-state index is 0.513. The molecule has 1 saturated carbocycles. The van der Waals surface area contributed by atoms with Crippen molar-refractivity contribution in [2.24, 2.45) is 5.73 Å². The molecule has 0 bridgehead atoms. The topological polar surface area (TPSA) is 72.5 Å². The lowest BCUT2D eigenvalue weighted by Gasteiger charge is -1.98. The van der Waals surface area contributed by atoms with E-state index in [-0.39, 0.29) is 0 Å². The predicted octanol–water partition coefficient (Wildman–Crippen LogP) is 2.11. The number of nitrogens with one attached hydrogen (secondary N) is 1. The van der Waals surface area contributed by atoms with Gasteiger partial charge in [-0.05, 0) is 30.4 Å². The number of nitrogens with two attached hydrogens (primary N) is 1. The van der Waals surface area contributed by atoms with Crippen LogP contribution in [0.1, 0.15) is 35.6 Å². The van der Waals surface area contributed by atoms with E-state index in [0.717, 1.165) is 11.3 Å². The van der Waals surface area contributed by atoms with Crippen LogP contribution < -0.4 is 5.73 Å². The number of H-pyrrole nitrogens is 1. The van der Waals surface area contributed by atoms with Gasteiger partial charge in [-0.2, -0.15) is 5.10 Å². The van der Waals surface area contributed by atoms with Crippen LogP contribution >= 0.6 is 0 Å². The fourth-order valence-electron chi connectivity index (χ4n) is 2.13. The molecule has 1 fully saturated rings. The highest BCUT2D eigenvalue weighted by molar-refractivity contribution is 5.18. The Morgan fingerprint density at radius 2 is 2.20 bits per heavy atom. The molecule has 0 atom stereocenters. The smallest absolute Gasteiger partial charge is 0.0824 e. The quantitative estimate of drug-likeness (QED) is 0.893. The molecule has 0 saturated heterocycles. The molecule has 0 unspecified atom stereocenters. The van der Waals surface area contributed by atoms with Gasteiger partial charge in [0.25, 0.3) is 0 Å². The van der Waals surface area contributed by atoms with E-state index in [2.05, 4.69) is 21.1 Å². The van der Waals surface area contributed by atoms with Gasteiger partial charge in [-0.25, -0.2) is 0 Å². The summed E-state index contributed by atoms with van der Waals surface area (Å²) in [4.78, 5) is 7.66. The summed E-state index contributed by atoms with van der Waals surface area (Å²) in [5, 5.41) is 4.28. The predicted molar refractivity (Wildman–Crippen MR) is 77.4 cm³/mol. The number of nitrogens with zero attached hydrogens (tertiary/aromatic N) is 3. The number of hydrogen-bond acceptors (Lipinski definition) is 3. The van der Waals surface area contributed by atoms with E-state index in [1.165, 1.54) is 18.4 Å². The maximum absolute atomic E-state index is 5.59. The summed E-state index contributed by atoms with van der Waals surface area (Å²) in [6.07, 6.45) is 12.1. The molecule has 5 heteroatoms. The van der Waals surface area contributed by atoms with E-state index in [1.807, 2.05) is 35.5 Å². The van der Waals surface area contributed by atoms with Gasteiger partial charge in [-0.15, -0.1) is 0 Å². The summed E-state index contributed by atoms with van der Waals surface area (Å²) in [6.45, 7) is 1.17. The second-order valence-electron chi connectivity index (χ2n) is 5.13. The molecule has 1 aliphatic rings. The summed E-state index contributed by atoms with van der Waals surface area (Å²) in [5.74, 6) is 0.705. The Bertz CT molecular complexity index is 623. The molecule has 0 aliphatic heterocycles. The third kappa shape index (κ3) is 3.24. The number of rotatable bonds is 4. The maximum atomic E-state index is 5.59. The zero-order valence-corrected chi connectivity index (χ0v) is 11.4. The van der Waals surface area contributed by atoms with Crippen molar-refractivity contribution in [1.82, 2.24) is 19.7 Å². The molecule has 5 nitrogen and oxygen atoms in total. The Hall–Kier alpha value is -2.14. The van der Waals surface area contributed by atoms with Crippen molar-refractivity contribution in [1.29, 1.82) is 0 Å². The Labute approximate surface area is 118 Å². The average molecular weight is 269 g/mol. The molecule has 2 heterocycles. The number of hydrogen-bond donors (Lipinski definition) is 2. The fraction of sp³-hybridized carbons (Fsp3) is 0.333. The van der Waals surface area contributed by atoms with Gasteiger partial charge in [0.05, 0.1) is 18.4 Å². The normalized spacial score (nSPS) is 14.1. The van der Waals surface area contributed by atoms with Crippen molar-refractivity contribution in [3.8, 4) is 0 Å². The van der Waals surface area contributed by atoms with Crippen LogP contribution in [0.2, 0.25) is 0 Å². The van der Waals surface area contributed by atoms with Crippen molar-refractivity contribution >= 4 is 0 Å². The third-order valence-electron chi connectivity index (χ3n) is 3.41. The lowest BCUT2D eigenvalue weighted by Crippen LogP contribution is -2.01. The lowest BCUT2D eigenvalue weighted by atomic mass is 10.2. The van der Waals surface area contributed by atoms with Crippen molar-refractivity contribution in [2.75, 3.05) is 0 Å². The van der Waals surface area contributed by atoms with Crippen molar-refractivity contribution < 1.29 is 0 Å². The van der Waals surface area contributed by atoms with Crippen LogP contribution in [0.15, 0.2) is 43.1 Å². The second kappa shape index (κ2) is 5.88. The Balaban J connectivity index is 1.82. The van der Waals surface area contributed by atoms with Crippen LogP contribution in [0.25, 0.3) is 0 Å². The van der Waals surface area contributed by atoms with Gasteiger partial charge in [0.2, 0.25) is 0 Å². The van der Waals surface area contributed by atoms with Gasteiger partial charge in [-0.3, -0.25) is 9.67 Å². The summed E-state index contributed by atoms with van der Waals surface area (Å²) in [5.41, 5.74) is 8.92. The highest BCUT2D eigenvalue weighted by atomic mass is 15.3. The van der Waals surface area contributed by atoms with Crippen LogP contribution in [0, 0.1) is 0 Å². The van der Waals surface area contributed by atoms with Crippen molar-refractivity contribution in [3.63, 3.8) is 0 Å². The summed E-state index contributed by atoms with van der Waals surface area (Å²) in [7, 11) is 0. The summed E-state index contributed by atoms with van der Waals surface area (Å²) < 4.78 is 1.86. The van der Waals surface area contributed by atoms with Crippen molar-refractivity contribution in [2.45, 2.75) is 31.8 Å². The first-order valence-electron chi connectivity index (χ1n) is 6.92. The van der Waals surface area contributed by atoms with Gasteiger partial charge in [-0.1, -0.05) is 6.07 Å². The Kier molecular flexibility index (Phi) is 3.78. The van der Waals surface area contributed by atoms with Gasteiger partial charge >= 0.3 is 0 Å². The minimum atomic E-state index is 0.513. The SMILES string of the molecule is NCc1cnn(Cc2cncc(C3CC3)ccc[nH]2)c1. The molecule has 0 amide bonds. The largest absolute Gasteiger partial charge is 0.362 e. The Morgan fingerprint density at radius 1 is 1.30 bits per heavy atom. The minimum Gasteiger partial charge on any atom is -0.362 e. The van der Waals surface area contributed by atoms with Crippen LogP contribution in [0.3, 0.4) is 0 Å². The molecule has 0 spiro atoms. The molecule has 2 aromatic rings. The van der Waals surface area contributed by atoms with Crippen LogP contribution in [-0.4, -0.2) is 19.7 Å². The second-order valence-corrected chi connectivity index (χ2v) is 5.13. The molecule has 2 aromatic heterocycles. The third-order valence-corrected chi connectivity index (χ3v) is 3.41. The molecule has 1 aliphatic carbocycles. The monoisotopic (exact) mass is 269 g/mol. The van der Waals surface area contributed by atoms with Crippen LogP contribution in [-0.2, 0) is 13.1 Å². The highest BCUT2D eigenvalue weighted by Crippen LogP contribution is 2.39. The first-order chi connectivity index (χ1) is 9.85. The first-order valence-corrected chi connectivity index (χ1v) is 6.92. The molecule has 20 heavy (non-hydrogen) atoms. The van der Waals surface area contributed by atoms with Crippen molar-refractivity contribution in [3.05, 3.63) is 59.9 Å². The zero-order valence-electron chi connectivity index (χ0n) is 11.4. The maximum Gasteiger partial charge on any atom is 0.0824 e. The summed E-state index contributed by atoms with van der Waals surface area (Å²) in [6, 6.07) is 4.17. The van der Waals surface area contributed by atoms with E-state index < -0.39 is 0 Å². The molecule has 0 aromatic carbocycles. The standard InChI is InChI=1S/C15H19N5/c16-6-12-7-19-20(10-12)11-15-9-17-8-14(13-3-4-13)2-1-5-18-15/h1-2,5,7-10,13,18H,3-4,6,11,16H2. The number of aromatic nitrogens is 4. The number of aromatic amines is 1. The molecule has 3 rings (SSSR count).